The van der Waals surface area contributed by atoms with Gasteiger partial charge in [-0.05, 0) is 46.1 Å². The summed E-state index contributed by atoms with van der Waals surface area (Å²) in [5, 5.41) is 0. The van der Waals surface area contributed by atoms with E-state index in [0.717, 1.165) is 16.9 Å². The molecule has 0 atom stereocenters. The highest BCUT2D eigenvalue weighted by Gasteiger charge is 2.08. The van der Waals surface area contributed by atoms with E-state index in [9.17, 15) is 4.79 Å². The standard InChI is InChI=1S/C14H15BrN2O2/c1-9-12(16)8-17(14(18)13(9)15)7-10-3-5-11(19-2)6-4-10/h3-6,8H,7,16H2,1-2H3. The predicted octanol–water partition coefficient (Wildman–Crippen LogP) is 2.56. The molecule has 0 saturated heterocycles. The Hall–Kier alpha value is -1.75. The molecule has 2 rings (SSSR count). The minimum absolute atomic E-state index is 0.0810. The molecule has 0 radical (unpaired) electrons. The SMILES string of the molecule is COc1ccc(Cn2cc(N)c(C)c(Br)c2=O)cc1. The van der Waals surface area contributed by atoms with E-state index in [1.54, 1.807) is 17.9 Å². The van der Waals surface area contributed by atoms with Crippen LogP contribution < -0.4 is 16.0 Å². The van der Waals surface area contributed by atoms with Crippen LogP contribution in [0.3, 0.4) is 0 Å². The number of nitrogen functional groups attached to an aromatic ring is 1. The molecule has 0 unspecified atom stereocenters. The van der Waals surface area contributed by atoms with Crippen LogP contribution in [-0.2, 0) is 6.54 Å². The van der Waals surface area contributed by atoms with Crippen LogP contribution in [-0.4, -0.2) is 11.7 Å². The van der Waals surface area contributed by atoms with E-state index in [-0.39, 0.29) is 5.56 Å². The quantitative estimate of drug-likeness (QED) is 0.944. The molecule has 1 aromatic heterocycles. The maximum Gasteiger partial charge on any atom is 0.265 e. The topological polar surface area (TPSA) is 57.2 Å². The Balaban J connectivity index is 2.35. The molecule has 0 saturated carbocycles. The molecule has 0 aliphatic rings. The monoisotopic (exact) mass is 322 g/mol. The average Bonchev–Trinajstić information content (AvgIpc) is 2.43. The number of aromatic nitrogens is 1. The molecule has 0 amide bonds. The summed E-state index contributed by atoms with van der Waals surface area (Å²) in [5.74, 6) is 0.792. The third-order valence-electron chi connectivity index (χ3n) is 3.02. The lowest BCUT2D eigenvalue weighted by molar-refractivity contribution is 0.414. The van der Waals surface area contributed by atoms with Gasteiger partial charge >= 0.3 is 0 Å². The van der Waals surface area contributed by atoms with Crippen molar-refractivity contribution in [3.05, 3.63) is 56.4 Å². The van der Waals surface area contributed by atoms with Gasteiger partial charge in [-0.15, -0.1) is 0 Å². The first-order chi connectivity index (χ1) is 9.02. The summed E-state index contributed by atoms with van der Waals surface area (Å²) in [4.78, 5) is 12.1. The Morgan fingerprint density at radius 1 is 1.32 bits per heavy atom. The third kappa shape index (κ3) is 2.81. The van der Waals surface area contributed by atoms with Gasteiger partial charge in [-0.25, -0.2) is 0 Å². The molecule has 5 heteroatoms. The average molecular weight is 323 g/mol. The van der Waals surface area contributed by atoms with Gasteiger partial charge in [0.2, 0.25) is 0 Å². The lowest BCUT2D eigenvalue weighted by Gasteiger charge is -2.11. The molecule has 0 aliphatic carbocycles. The molecule has 1 aromatic carbocycles. The van der Waals surface area contributed by atoms with Gasteiger partial charge in [0.1, 0.15) is 5.75 Å². The van der Waals surface area contributed by atoms with Crippen molar-refractivity contribution in [3.8, 4) is 5.75 Å². The summed E-state index contributed by atoms with van der Waals surface area (Å²) in [5.41, 5.74) is 8.18. The molecule has 0 spiro atoms. The van der Waals surface area contributed by atoms with E-state index in [0.29, 0.717) is 16.7 Å². The van der Waals surface area contributed by atoms with Crippen molar-refractivity contribution in [2.75, 3.05) is 12.8 Å². The van der Waals surface area contributed by atoms with Crippen molar-refractivity contribution in [2.45, 2.75) is 13.5 Å². The van der Waals surface area contributed by atoms with E-state index in [1.165, 1.54) is 0 Å². The molecule has 100 valence electrons. The Morgan fingerprint density at radius 3 is 2.53 bits per heavy atom. The van der Waals surface area contributed by atoms with Crippen molar-refractivity contribution >= 4 is 21.6 Å². The zero-order valence-electron chi connectivity index (χ0n) is 10.8. The third-order valence-corrected chi connectivity index (χ3v) is 3.95. The van der Waals surface area contributed by atoms with Gasteiger partial charge in [-0.2, -0.15) is 0 Å². The molecular formula is C14H15BrN2O2. The van der Waals surface area contributed by atoms with Crippen molar-refractivity contribution < 1.29 is 4.74 Å². The number of hydrogen-bond donors (Lipinski definition) is 1. The van der Waals surface area contributed by atoms with Crippen LogP contribution in [0.25, 0.3) is 0 Å². The van der Waals surface area contributed by atoms with Gasteiger partial charge in [-0.3, -0.25) is 4.79 Å². The molecule has 0 aliphatic heterocycles. The Kier molecular flexibility index (Phi) is 3.95. The van der Waals surface area contributed by atoms with Crippen molar-refractivity contribution in [3.63, 3.8) is 0 Å². The number of nitrogens with two attached hydrogens (primary N) is 1. The maximum absolute atomic E-state index is 12.1. The second kappa shape index (κ2) is 5.48. The van der Waals surface area contributed by atoms with Gasteiger partial charge in [0.25, 0.3) is 5.56 Å². The van der Waals surface area contributed by atoms with Gasteiger partial charge in [0.15, 0.2) is 0 Å². The normalized spacial score (nSPS) is 10.5. The number of anilines is 1. The number of nitrogens with zero attached hydrogens (tertiary/aromatic N) is 1. The summed E-state index contributed by atoms with van der Waals surface area (Å²) in [6.07, 6.45) is 1.67. The Bertz CT molecular complexity index is 648. The summed E-state index contributed by atoms with van der Waals surface area (Å²) < 4.78 is 7.21. The molecule has 4 nitrogen and oxygen atoms in total. The molecule has 2 aromatic rings. The first kappa shape index (κ1) is 13.7. The second-order valence-corrected chi connectivity index (χ2v) is 5.10. The highest BCUT2D eigenvalue weighted by Crippen LogP contribution is 2.18. The van der Waals surface area contributed by atoms with Crippen molar-refractivity contribution in [2.24, 2.45) is 0 Å². The fourth-order valence-electron chi connectivity index (χ4n) is 1.78. The predicted molar refractivity (Wildman–Crippen MR) is 79.6 cm³/mol. The number of rotatable bonds is 3. The zero-order valence-corrected chi connectivity index (χ0v) is 12.4. The van der Waals surface area contributed by atoms with Crippen LogP contribution in [0.4, 0.5) is 5.69 Å². The van der Waals surface area contributed by atoms with Crippen LogP contribution in [0.5, 0.6) is 5.75 Å². The summed E-state index contributed by atoms with van der Waals surface area (Å²) in [6, 6.07) is 7.59. The van der Waals surface area contributed by atoms with Crippen LogP contribution >= 0.6 is 15.9 Å². The minimum Gasteiger partial charge on any atom is -0.497 e. The zero-order chi connectivity index (χ0) is 14.0. The van der Waals surface area contributed by atoms with E-state index < -0.39 is 0 Å². The van der Waals surface area contributed by atoms with Crippen LogP contribution in [0.1, 0.15) is 11.1 Å². The highest BCUT2D eigenvalue weighted by molar-refractivity contribution is 9.10. The maximum atomic E-state index is 12.1. The smallest absolute Gasteiger partial charge is 0.265 e. The minimum atomic E-state index is -0.0810. The molecule has 0 bridgehead atoms. The van der Waals surface area contributed by atoms with Crippen LogP contribution in [0, 0.1) is 6.92 Å². The second-order valence-electron chi connectivity index (χ2n) is 4.30. The molecule has 19 heavy (non-hydrogen) atoms. The molecular weight excluding hydrogens is 308 g/mol. The molecule has 2 N–H and O–H groups in total. The van der Waals surface area contributed by atoms with E-state index in [1.807, 2.05) is 31.2 Å². The van der Waals surface area contributed by atoms with Crippen molar-refractivity contribution in [1.29, 1.82) is 0 Å². The highest BCUT2D eigenvalue weighted by atomic mass is 79.9. The van der Waals surface area contributed by atoms with Crippen LogP contribution in [0.15, 0.2) is 39.7 Å². The number of methoxy groups -OCH3 is 1. The first-order valence-corrected chi connectivity index (χ1v) is 6.60. The van der Waals surface area contributed by atoms with Gasteiger partial charge < -0.3 is 15.0 Å². The summed E-state index contributed by atoms with van der Waals surface area (Å²) in [6.45, 7) is 2.30. The Labute approximate surface area is 119 Å². The van der Waals surface area contributed by atoms with Crippen molar-refractivity contribution in [1.82, 2.24) is 4.57 Å². The van der Waals surface area contributed by atoms with Gasteiger partial charge in [0, 0.05) is 6.20 Å². The van der Waals surface area contributed by atoms with Gasteiger partial charge in [0.05, 0.1) is 23.8 Å². The number of halogens is 1. The van der Waals surface area contributed by atoms with Crippen LogP contribution in [0.2, 0.25) is 0 Å². The van der Waals surface area contributed by atoms with E-state index >= 15 is 0 Å². The summed E-state index contributed by atoms with van der Waals surface area (Å²) in [7, 11) is 1.62. The fraction of sp³-hybridized carbons (Fsp3) is 0.214. The number of pyridine rings is 1. The van der Waals surface area contributed by atoms with E-state index in [4.69, 9.17) is 10.5 Å². The Morgan fingerprint density at radius 2 is 1.95 bits per heavy atom. The lowest BCUT2D eigenvalue weighted by Crippen LogP contribution is -2.22. The van der Waals surface area contributed by atoms with E-state index in [2.05, 4.69) is 15.9 Å². The largest absolute Gasteiger partial charge is 0.497 e. The van der Waals surface area contributed by atoms with Gasteiger partial charge in [-0.1, -0.05) is 12.1 Å². The molecule has 1 heterocycles. The summed E-state index contributed by atoms with van der Waals surface area (Å²) >= 11 is 3.28. The number of ether oxygens (including phenoxy) is 1. The fourth-order valence-corrected chi connectivity index (χ4v) is 2.24. The lowest BCUT2D eigenvalue weighted by atomic mass is 10.2. The first-order valence-electron chi connectivity index (χ1n) is 5.81. The number of hydrogen-bond acceptors (Lipinski definition) is 3. The molecule has 0 fully saturated rings. The number of benzene rings is 1.